The zero-order valence-corrected chi connectivity index (χ0v) is 16.4. The van der Waals surface area contributed by atoms with Crippen LogP contribution in [0.25, 0.3) is 16.7 Å². The van der Waals surface area contributed by atoms with Crippen molar-refractivity contribution in [2.75, 3.05) is 31.2 Å². The van der Waals surface area contributed by atoms with Gasteiger partial charge in [0.25, 0.3) is 5.56 Å². The van der Waals surface area contributed by atoms with Crippen LogP contribution in [0, 0.1) is 25.4 Å². The second-order valence-electron chi connectivity index (χ2n) is 6.73. The zero-order valence-electron chi connectivity index (χ0n) is 15.6. The standard InChI is InChI=1S/C19H21N5O2S/c1-11-5-4-6-12(2)15(11)24-13(3)20-16-14(18(24)27)17(25)22-19(21-16)23-7-9-26-10-8-23/h4-6H,7-10H2,1-3H3,(H,21,22,25). The van der Waals surface area contributed by atoms with E-state index in [9.17, 15) is 4.79 Å². The van der Waals surface area contributed by atoms with Crippen LogP contribution in [0.1, 0.15) is 17.0 Å². The molecule has 1 aliphatic heterocycles. The molecule has 2 aromatic heterocycles. The number of aryl methyl sites for hydroxylation is 3. The van der Waals surface area contributed by atoms with Crippen LogP contribution < -0.4 is 10.5 Å². The summed E-state index contributed by atoms with van der Waals surface area (Å²) in [6.07, 6.45) is 0. The Labute approximate surface area is 161 Å². The van der Waals surface area contributed by atoms with Gasteiger partial charge in [0.2, 0.25) is 5.95 Å². The third kappa shape index (κ3) is 3.04. The van der Waals surface area contributed by atoms with Crippen molar-refractivity contribution < 1.29 is 4.74 Å². The average molecular weight is 383 g/mol. The van der Waals surface area contributed by atoms with Crippen LogP contribution in [0.5, 0.6) is 0 Å². The lowest BCUT2D eigenvalue weighted by Crippen LogP contribution is -2.38. The SMILES string of the molecule is Cc1cccc(C)c1-n1c(C)nc2nc(N3CCOCC3)[nH]c(=O)c2c1=S. The first-order valence-corrected chi connectivity index (χ1v) is 9.31. The summed E-state index contributed by atoms with van der Waals surface area (Å²) in [6.45, 7) is 8.53. The van der Waals surface area contributed by atoms with Crippen molar-refractivity contribution in [3.05, 3.63) is 50.1 Å². The number of nitrogens with one attached hydrogen (secondary N) is 1. The highest BCUT2D eigenvalue weighted by Crippen LogP contribution is 2.23. The Morgan fingerprint density at radius 3 is 2.44 bits per heavy atom. The van der Waals surface area contributed by atoms with Crippen molar-refractivity contribution in [3.8, 4) is 5.69 Å². The molecule has 0 aliphatic carbocycles. The van der Waals surface area contributed by atoms with Gasteiger partial charge in [-0.1, -0.05) is 30.4 Å². The molecule has 0 atom stereocenters. The van der Waals surface area contributed by atoms with E-state index in [1.54, 1.807) is 0 Å². The number of morpholine rings is 1. The molecule has 1 aliphatic rings. The molecular formula is C19H21N5O2S. The van der Waals surface area contributed by atoms with Crippen LogP contribution in [0.15, 0.2) is 23.0 Å². The molecule has 1 saturated heterocycles. The molecule has 1 N–H and O–H groups in total. The number of ether oxygens (including phenoxy) is 1. The van der Waals surface area contributed by atoms with E-state index in [-0.39, 0.29) is 5.56 Å². The number of aromatic nitrogens is 4. The van der Waals surface area contributed by atoms with Crippen LogP contribution in [0.4, 0.5) is 5.95 Å². The van der Waals surface area contributed by atoms with Gasteiger partial charge >= 0.3 is 0 Å². The first kappa shape index (κ1) is 17.8. The largest absolute Gasteiger partial charge is 0.378 e. The van der Waals surface area contributed by atoms with Gasteiger partial charge in [0, 0.05) is 13.1 Å². The van der Waals surface area contributed by atoms with E-state index in [2.05, 4.69) is 15.0 Å². The number of anilines is 1. The number of benzene rings is 1. The van der Waals surface area contributed by atoms with Gasteiger partial charge in [-0.15, -0.1) is 0 Å². The van der Waals surface area contributed by atoms with E-state index in [1.807, 2.05) is 48.4 Å². The minimum Gasteiger partial charge on any atom is -0.378 e. The Morgan fingerprint density at radius 2 is 1.78 bits per heavy atom. The number of fused-ring (bicyclic) bond motifs is 1. The van der Waals surface area contributed by atoms with Crippen molar-refractivity contribution in [1.29, 1.82) is 0 Å². The van der Waals surface area contributed by atoms with Crippen LogP contribution in [-0.2, 0) is 4.74 Å². The number of rotatable bonds is 2. The first-order chi connectivity index (χ1) is 13.0. The van der Waals surface area contributed by atoms with Gasteiger partial charge in [-0.2, -0.15) is 4.98 Å². The molecule has 27 heavy (non-hydrogen) atoms. The van der Waals surface area contributed by atoms with Gasteiger partial charge in [-0.25, -0.2) is 4.98 Å². The summed E-state index contributed by atoms with van der Waals surface area (Å²) in [6, 6.07) is 6.06. The van der Waals surface area contributed by atoms with Crippen LogP contribution in [0.2, 0.25) is 0 Å². The third-order valence-electron chi connectivity index (χ3n) is 4.87. The molecule has 8 heteroatoms. The molecule has 4 rings (SSSR count). The average Bonchev–Trinajstić information content (AvgIpc) is 2.64. The maximum atomic E-state index is 12.9. The van der Waals surface area contributed by atoms with E-state index >= 15 is 0 Å². The summed E-state index contributed by atoms with van der Waals surface area (Å²) in [5, 5.41) is 0.343. The lowest BCUT2D eigenvalue weighted by atomic mass is 10.1. The van der Waals surface area contributed by atoms with E-state index in [0.717, 1.165) is 16.8 Å². The maximum Gasteiger partial charge on any atom is 0.264 e. The van der Waals surface area contributed by atoms with E-state index in [1.165, 1.54) is 0 Å². The maximum absolute atomic E-state index is 12.9. The second kappa shape index (κ2) is 6.86. The molecule has 7 nitrogen and oxygen atoms in total. The van der Waals surface area contributed by atoms with Gasteiger partial charge in [0.05, 0.1) is 18.9 Å². The minimum absolute atomic E-state index is 0.265. The lowest BCUT2D eigenvalue weighted by Gasteiger charge is -2.27. The first-order valence-electron chi connectivity index (χ1n) is 8.90. The molecule has 1 fully saturated rings. The van der Waals surface area contributed by atoms with E-state index in [0.29, 0.717) is 53.8 Å². The predicted octanol–water partition coefficient (Wildman–Crippen LogP) is 2.60. The Kier molecular flexibility index (Phi) is 4.53. The molecule has 140 valence electrons. The van der Waals surface area contributed by atoms with E-state index in [4.69, 9.17) is 17.0 Å². The molecule has 0 bridgehead atoms. The molecule has 0 unspecified atom stereocenters. The summed E-state index contributed by atoms with van der Waals surface area (Å²) in [4.78, 5) is 26.9. The highest BCUT2D eigenvalue weighted by atomic mass is 32.1. The molecule has 0 radical (unpaired) electrons. The number of hydrogen-bond acceptors (Lipinski definition) is 6. The molecule has 3 heterocycles. The lowest BCUT2D eigenvalue weighted by molar-refractivity contribution is 0.122. The topological polar surface area (TPSA) is 76.0 Å². The highest BCUT2D eigenvalue weighted by molar-refractivity contribution is 7.71. The van der Waals surface area contributed by atoms with Crippen LogP contribution in [0.3, 0.4) is 0 Å². The van der Waals surface area contributed by atoms with Gasteiger partial charge in [0.15, 0.2) is 5.65 Å². The zero-order chi connectivity index (χ0) is 19.1. The third-order valence-corrected chi connectivity index (χ3v) is 5.26. The van der Waals surface area contributed by atoms with E-state index < -0.39 is 0 Å². The molecule has 1 aromatic carbocycles. The summed E-state index contributed by atoms with van der Waals surface area (Å²) in [5.41, 5.74) is 3.23. The molecular weight excluding hydrogens is 362 g/mol. The Hall–Kier alpha value is -2.58. The minimum atomic E-state index is -0.265. The highest BCUT2D eigenvalue weighted by Gasteiger charge is 2.18. The van der Waals surface area contributed by atoms with Gasteiger partial charge in [0.1, 0.15) is 15.9 Å². The second-order valence-corrected chi connectivity index (χ2v) is 7.11. The smallest absolute Gasteiger partial charge is 0.264 e. The number of hydrogen-bond donors (Lipinski definition) is 1. The summed E-state index contributed by atoms with van der Waals surface area (Å²) >= 11 is 5.70. The number of aromatic amines is 1. The van der Waals surface area contributed by atoms with Crippen molar-refractivity contribution in [2.45, 2.75) is 20.8 Å². The van der Waals surface area contributed by atoms with Crippen LogP contribution in [-0.4, -0.2) is 45.8 Å². The van der Waals surface area contributed by atoms with Gasteiger partial charge in [-0.05, 0) is 31.9 Å². The summed E-state index contributed by atoms with van der Waals surface area (Å²) in [7, 11) is 0. The fourth-order valence-electron chi connectivity index (χ4n) is 3.53. The molecule has 0 spiro atoms. The number of para-hydroxylation sites is 1. The Bertz CT molecular complexity index is 1130. The Morgan fingerprint density at radius 1 is 1.11 bits per heavy atom. The quantitative estimate of drug-likeness (QED) is 0.686. The number of nitrogens with zero attached hydrogens (tertiary/aromatic N) is 4. The summed E-state index contributed by atoms with van der Waals surface area (Å²) < 4.78 is 7.66. The van der Waals surface area contributed by atoms with Crippen molar-refractivity contribution in [2.24, 2.45) is 0 Å². The van der Waals surface area contributed by atoms with Crippen LogP contribution >= 0.6 is 12.2 Å². The van der Waals surface area contributed by atoms with Gasteiger partial charge < -0.3 is 9.64 Å². The fourth-order valence-corrected chi connectivity index (χ4v) is 3.94. The van der Waals surface area contributed by atoms with Crippen molar-refractivity contribution in [1.82, 2.24) is 19.5 Å². The van der Waals surface area contributed by atoms with Gasteiger partial charge in [-0.3, -0.25) is 14.3 Å². The van der Waals surface area contributed by atoms with Crippen molar-refractivity contribution in [3.63, 3.8) is 0 Å². The normalized spacial score (nSPS) is 14.7. The molecule has 0 saturated carbocycles. The Balaban J connectivity index is 1.96. The molecule has 3 aromatic rings. The number of H-pyrrole nitrogens is 1. The monoisotopic (exact) mass is 383 g/mol. The van der Waals surface area contributed by atoms with Crippen molar-refractivity contribution >= 4 is 29.2 Å². The fraction of sp³-hybridized carbons (Fsp3) is 0.368. The molecule has 0 amide bonds. The summed E-state index contributed by atoms with van der Waals surface area (Å²) in [5.74, 6) is 1.22. The predicted molar refractivity (Wildman–Crippen MR) is 108 cm³/mol.